The van der Waals surface area contributed by atoms with E-state index in [0.29, 0.717) is 24.5 Å². The van der Waals surface area contributed by atoms with Crippen molar-refractivity contribution < 1.29 is 14.3 Å². The van der Waals surface area contributed by atoms with Gasteiger partial charge in [0.05, 0.1) is 19.4 Å². The van der Waals surface area contributed by atoms with Crippen LogP contribution in [0.5, 0.6) is 11.5 Å². The number of nitrogens with one attached hydrogen (secondary N) is 1. The van der Waals surface area contributed by atoms with Gasteiger partial charge in [0.2, 0.25) is 5.91 Å². The van der Waals surface area contributed by atoms with E-state index >= 15 is 0 Å². The smallest absolute Gasteiger partial charge is 0.226 e. The first-order chi connectivity index (χ1) is 12.2. The molecule has 4 rings (SSSR count). The van der Waals surface area contributed by atoms with Gasteiger partial charge >= 0.3 is 0 Å². The molecule has 0 spiro atoms. The van der Waals surface area contributed by atoms with E-state index in [1.807, 2.05) is 25.1 Å². The van der Waals surface area contributed by atoms with Crippen molar-refractivity contribution in [1.82, 2.24) is 9.55 Å². The molecule has 2 aliphatic rings. The predicted molar refractivity (Wildman–Crippen MR) is 94.4 cm³/mol. The lowest BCUT2D eigenvalue weighted by molar-refractivity contribution is -0.116. The number of rotatable bonds is 4. The van der Waals surface area contributed by atoms with E-state index in [4.69, 9.17) is 14.5 Å². The van der Waals surface area contributed by atoms with E-state index in [-0.39, 0.29) is 11.8 Å². The Morgan fingerprint density at radius 2 is 2.20 bits per heavy atom. The Labute approximate surface area is 147 Å². The largest absolute Gasteiger partial charge is 0.493 e. The van der Waals surface area contributed by atoms with Crippen LogP contribution in [0, 0.1) is 0 Å². The number of hydrogen-bond acceptors (Lipinski definition) is 4. The Morgan fingerprint density at radius 3 is 3.00 bits per heavy atom. The first-order valence-electron chi connectivity index (χ1n) is 8.91. The summed E-state index contributed by atoms with van der Waals surface area (Å²) >= 11 is 0. The zero-order valence-corrected chi connectivity index (χ0v) is 14.7. The van der Waals surface area contributed by atoms with Gasteiger partial charge in [0, 0.05) is 25.3 Å². The van der Waals surface area contributed by atoms with Gasteiger partial charge in [-0.1, -0.05) is 6.07 Å². The fourth-order valence-electron chi connectivity index (χ4n) is 3.80. The van der Waals surface area contributed by atoms with E-state index < -0.39 is 0 Å². The summed E-state index contributed by atoms with van der Waals surface area (Å²) in [6, 6.07) is 5.89. The van der Waals surface area contributed by atoms with Gasteiger partial charge in [-0.25, -0.2) is 4.98 Å². The molecule has 0 fully saturated rings. The third-order valence-electron chi connectivity index (χ3n) is 4.97. The summed E-state index contributed by atoms with van der Waals surface area (Å²) < 4.78 is 13.3. The lowest BCUT2D eigenvalue weighted by atomic mass is 9.89. The van der Waals surface area contributed by atoms with Crippen molar-refractivity contribution in [2.45, 2.75) is 45.1 Å². The van der Waals surface area contributed by atoms with Gasteiger partial charge in [0.15, 0.2) is 11.5 Å². The number of anilines is 1. The summed E-state index contributed by atoms with van der Waals surface area (Å²) in [4.78, 5) is 17.2. The first kappa shape index (κ1) is 16.0. The van der Waals surface area contributed by atoms with Crippen LogP contribution in [0.1, 0.15) is 49.2 Å². The zero-order chi connectivity index (χ0) is 17.4. The molecule has 6 heteroatoms. The molecule has 1 amide bonds. The van der Waals surface area contributed by atoms with Crippen molar-refractivity contribution in [2.24, 2.45) is 0 Å². The Kier molecular flexibility index (Phi) is 4.11. The molecule has 25 heavy (non-hydrogen) atoms. The average molecular weight is 341 g/mol. The number of nitrogens with zero attached hydrogens (tertiary/aromatic N) is 2. The number of hydrogen-bond donors (Lipinski definition) is 1. The van der Waals surface area contributed by atoms with Gasteiger partial charge < -0.3 is 19.4 Å². The van der Waals surface area contributed by atoms with E-state index in [2.05, 4.69) is 9.88 Å². The minimum Gasteiger partial charge on any atom is -0.493 e. The molecule has 0 aliphatic carbocycles. The summed E-state index contributed by atoms with van der Waals surface area (Å²) in [6.07, 6.45) is 3.67. The molecule has 0 radical (unpaired) electrons. The van der Waals surface area contributed by atoms with Crippen LogP contribution >= 0.6 is 0 Å². The highest BCUT2D eigenvalue weighted by molar-refractivity contribution is 5.94. The van der Waals surface area contributed by atoms with Crippen LogP contribution in [0.15, 0.2) is 18.2 Å². The molecule has 1 aromatic carbocycles. The maximum absolute atomic E-state index is 12.3. The molecular formula is C19H23N3O3. The predicted octanol–water partition coefficient (Wildman–Crippen LogP) is 3.10. The van der Waals surface area contributed by atoms with Crippen molar-refractivity contribution in [3.05, 3.63) is 35.3 Å². The summed E-state index contributed by atoms with van der Waals surface area (Å²) in [5.74, 6) is 3.37. The Bertz CT molecular complexity index is 812. The minimum atomic E-state index is -0.0491. The molecule has 6 nitrogen and oxygen atoms in total. The minimum absolute atomic E-state index is 0.0413. The topological polar surface area (TPSA) is 65.4 Å². The number of ether oxygens (including phenoxy) is 2. The molecular weight excluding hydrogens is 318 g/mol. The highest BCUT2D eigenvalue weighted by atomic mass is 16.5. The fourth-order valence-corrected chi connectivity index (χ4v) is 3.80. The number of fused-ring (bicyclic) bond motifs is 3. The second-order valence-electron chi connectivity index (χ2n) is 6.52. The third kappa shape index (κ3) is 2.75. The summed E-state index contributed by atoms with van der Waals surface area (Å²) in [5, 5.41) is 3.04. The van der Waals surface area contributed by atoms with Crippen LogP contribution in [0.3, 0.4) is 0 Å². The van der Waals surface area contributed by atoms with Crippen molar-refractivity contribution in [1.29, 1.82) is 0 Å². The lowest BCUT2D eigenvalue weighted by Crippen LogP contribution is -2.25. The molecule has 1 unspecified atom stereocenters. The van der Waals surface area contributed by atoms with Crippen LogP contribution in [0.4, 0.5) is 5.82 Å². The maximum Gasteiger partial charge on any atom is 0.226 e. The number of aryl methyl sites for hydroxylation is 1. The van der Waals surface area contributed by atoms with Crippen LogP contribution in [0.2, 0.25) is 0 Å². The Balaban J connectivity index is 1.78. The highest BCUT2D eigenvalue weighted by Crippen LogP contribution is 2.41. The second kappa shape index (κ2) is 6.43. The molecule has 1 atom stereocenters. The summed E-state index contributed by atoms with van der Waals surface area (Å²) in [6.45, 7) is 3.44. The Hall–Kier alpha value is -2.50. The van der Waals surface area contributed by atoms with Crippen LogP contribution < -0.4 is 14.8 Å². The van der Waals surface area contributed by atoms with Gasteiger partial charge in [0.1, 0.15) is 11.6 Å². The molecule has 0 saturated heterocycles. The molecule has 1 aromatic heterocycles. The fraction of sp³-hybridized carbons (Fsp3) is 0.474. The van der Waals surface area contributed by atoms with Crippen LogP contribution in [-0.2, 0) is 17.8 Å². The maximum atomic E-state index is 12.3. The second-order valence-corrected chi connectivity index (χ2v) is 6.52. The number of methoxy groups -OCH3 is 1. The quantitative estimate of drug-likeness (QED) is 0.928. The number of aromatic nitrogens is 2. The van der Waals surface area contributed by atoms with Gasteiger partial charge in [-0.15, -0.1) is 0 Å². The molecule has 1 N–H and O–H groups in total. The van der Waals surface area contributed by atoms with E-state index in [1.165, 1.54) is 0 Å². The highest BCUT2D eigenvalue weighted by Gasteiger charge is 2.33. The number of amides is 1. The Morgan fingerprint density at radius 1 is 1.32 bits per heavy atom. The standard InChI is InChI=1S/C19H23N3O3/c1-3-25-15-10-12(7-8-14(15)24-2)13-11-17(23)21-19-18(13)20-16-6-4-5-9-22(16)19/h7-8,10,13H,3-6,9,11H2,1-2H3,(H,21,23). The number of carbonyl (C=O) groups is 1. The number of imidazole rings is 1. The van der Waals surface area contributed by atoms with Crippen molar-refractivity contribution >= 4 is 11.7 Å². The van der Waals surface area contributed by atoms with E-state index in [1.54, 1.807) is 7.11 Å². The molecule has 2 aromatic rings. The lowest BCUT2D eigenvalue weighted by Gasteiger charge is -2.24. The normalized spacial score (nSPS) is 19.0. The van der Waals surface area contributed by atoms with Crippen molar-refractivity contribution in [3.63, 3.8) is 0 Å². The van der Waals surface area contributed by atoms with Crippen LogP contribution in [-0.4, -0.2) is 29.2 Å². The zero-order valence-electron chi connectivity index (χ0n) is 14.7. The van der Waals surface area contributed by atoms with E-state index in [0.717, 1.165) is 48.7 Å². The number of carbonyl (C=O) groups excluding carboxylic acids is 1. The third-order valence-corrected chi connectivity index (χ3v) is 4.97. The van der Waals surface area contributed by atoms with E-state index in [9.17, 15) is 4.79 Å². The first-order valence-corrected chi connectivity index (χ1v) is 8.91. The van der Waals surface area contributed by atoms with Gasteiger partial charge in [-0.3, -0.25) is 4.79 Å². The molecule has 2 aliphatic heterocycles. The van der Waals surface area contributed by atoms with Gasteiger partial charge in [0.25, 0.3) is 0 Å². The monoisotopic (exact) mass is 341 g/mol. The van der Waals surface area contributed by atoms with Gasteiger partial charge in [-0.05, 0) is 37.5 Å². The average Bonchev–Trinajstić information content (AvgIpc) is 3.00. The molecule has 0 saturated carbocycles. The molecule has 132 valence electrons. The SMILES string of the molecule is CCOc1cc(C2CC(=O)Nc3c2nc2n3CCCC2)ccc1OC. The van der Waals surface area contributed by atoms with Crippen molar-refractivity contribution in [2.75, 3.05) is 19.0 Å². The van der Waals surface area contributed by atoms with Crippen LogP contribution in [0.25, 0.3) is 0 Å². The number of benzene rings is 1. The molecule has 0 bridgehead atoms. The van der Waals surface area contributed by atoms with Gasteiger partial charge in [-0.2, -0.15) is 0 Å². The molecule has 3 heterocycles. The van der Waals surface area contributed by atoms with Crippen molar-refractivity contribution in [3.8, 4) is 11.5 Å². The summed E-state index contributed by atoms with van der Waals surface area (Å²) in [7, 11) is 1.63. The summed E-state index contributed by atoms with van der Waals surface area (Å²) in [5.41, 5.74) is 2.01.